The summed E-state index contributed by atoms with van der Waals surface area (Å²) in [6.07, 6.45) is 3.10. The van der Waals surface area contributed by atoms with Crippen molar-refractivity contribution in [2.45, 2.75) is 31.8 Å². The number of sulfone groups is 1. The summed E-state index contributed by atoms with van der Waals surface area (Å²) in [7, 11) is -3.02. The second-order valence-electron chi connectivity index (χ2n) is 4.18. The van der Waals surface area contributed by atoms with Crippen LogP contribution in [0.1, 0.15) is 19.8 Å². The molecule has 2 N–H and O–H groups in total. The first-order chi connectivity index (χ1) is 6.81. The number of rotatable bonds is 5. The van der Waals surface area contributed by atoms with Crippen LogP contribution in [-0.2, 0) is 14.6 Å². The van der Waals surface area contributed by atoms with E-state index in [9.17, 15) is 13.2 Å². The van der Waals surface area contributed by atoms with Crippen LogP contribution >= 0.6 is 12.4 Å². The van der Waals surface area contributed by atoms with Gasteiger partial charge >= 0.3 is 0 Å². The van der Waals surface area contributed by atoms with Crippen LogP contribution in [0.5, 0.6) is 0 Å². The van der Waals surface area contributed by atoms with E-state index in [0.29, 0.717) is 0 Å². The van der Waals surface area contributed by atoms with Crippen molar-refractivity contribution in [1.82, 2.24) is 4.90 Å². The molecule has 0 aromatic heterocycles. The molecule has 1 aliphatic carbocycles. The van der Waals surface area contributed by atoms with E-state index in [1.54, 1.807) is 11.8 Å². The average molecular weight is 271 g/mol. The highest BCUT2D eigenvalue weighted by molar-refractivity contribution is 7.90. The fourth-order valence-corrected chi connectivity index (χ4v) is 1.91. The predicted molar refractivity (Wildman–Crippen MR) is 65.3 cm³/mol. The molecule has 0 spiro atoms. The number of halogens is 1. The van der Waals surface area contributed by atoms with Crippen molar-refractivity contribution in [3.05, 3.63) is 0 Å². The summed E-state index contributed by atoms with van der Waals surface area (Å²) < 4.78 is 22.0. The molecular formula is C9H19ClN2O3S. The van der Waals surface area contributed by atoms with E-state index in [-0.39, 0.29) is 36.7 Å². The molecule has 1 aliphatic rings. The van der Waals surface area contributed by atoms with Crippen LogP contribution in [0.15, 0.2) is 0 Å². The van der Waals surface area contributed by atoms with E-state index in [1.807, 2.05) is 0 Å². The summed E-state index contributed by atoms with van der Waals surface area (Å²) in [5, 5.41) is 0. The van der Waals surface area contributed by atoms with Gasteiger partial charge in [0.1, 0.15) is 9.84 Å². The third kappa shape index (κ3) is 5.14. The molecule has 1 rings (SSSR count). The Morgan fingerprint density at radius 3 is 2.31 bits per heavy atom. The van der Waals surface area contributed by atoms with Crippen LogP contribution in [0, 0.1) is 0 Å². The highest BCUT2D eigenvalue weighted by Gasteiger charge is 2.33. The van der Waals surface area contributed by atoms with Gasteiger partial charge in [0.15, 0.2) is 0 Å². The number of nitrogens with two attached hydrogens (primary N) is 1. The summed E-state index contributed by atoms with van der Waals surface area (Å²) in [4.78, 5) is 13.3. The van der Waals surface area contributed by atoms with Gasteiger partial charge in [-0.3, -0.25) is 4.79 Å². The second kappa shape index (κ2) is 5.84. The molecule has 96 valence electrons. The first-order valence-electron chi connectivity index (χ1n) is 5.05. The Hall–Kier alpha value is -0.330. The second-order valence-corrected chi connectivity index (χ2v) is 6.44. The molecule has 5 nitrogen and oxygen atoms in total. The van der Waals surface area contributed by atoms with E-state index in [4.69, 9.17) is 5.73 Å². The van der Waals surface area contributed by atoms with Crippen LogP contribution in [0.25, 0.3) is 0 Å². The van der Waals surface area contributed by atoms with Gasteiger partial charge in [0, 0.05) is 18.8 Å². The van der Waals surface area contributed by atoms with E-state index >= 15 is 0 Å². The summed E-state index contributed by atoms with van der Waals surface area (Å²) in [5.41, 5.74) is 5.50. The highest BCUT2D eigenvalue weighted by atomic mass is 35.5. The first kappa shape index (κ1) is 15.7. The quantitative estimate of drug-likeness (QED) is 0.750. The third-order valence-electron chi connectivity index (χ3n) is 2.36. The first-order valence-corrected chi connectivity index (χ1v) is 7.11. The molecule has 1 unspecified atom stereocenters. The molecule has 0 radical (unpaired) electrons. The molecule has 0 aromatic rings. The lowest BCUT2D eigenvalue weighted by Crippen LogP contribution is -2.45. The molecule has 0 bridgehead atoms. The van der Waals surface area contributed by atoms with Crippen molar-refractivity contribution in [2.75, 3.05) is 18.6 Å². The third-order valence-corrected chi connectivity index (χ3v) is 3.29. The topological polar surface area (TPSA) is 80.5 Å². The Balaban J connectivity index is 0.00000225. The van der Waals surface area contributed by atoms with Gasteiger partial charge in [-0.2, -0.15) is 0 Å². The number of carbonyl (C=O) groups excluding carboxylic acids is 1. The molecular weight excluding hydrogens is 252 g/mol. The Morgan fingerprint density at radius 1 is 1.50 bits per heavy atom. The van der Waals surface area contributed by atoms with E-state index in [0.717, 1.165) is 12.8 Å². The number of nitrogens with zero attached hydrogens (tertiary/aromatic N) is 1. The summed E-state index contributed by atoms with van der Waals surface area (Å²) in [5.74, 6) is -0.136. The SMILES string of the molecule is CC(N)C(=O)N(CCS(C)(=O)=O)C1CC1.Cl. The normalized spacial score (nSPS) is 17.4. The molecule has 0 aliphatic heterocycles. The predicted octanol–water partition coefficient (Wildman–Crippen LogP) is -0.209. The molecule has 0 saturated heterocycles. The highest BCUT2D eigenvalue weighted by Crippen LogP contribution is 2.27. The number of hydrogen-bond donors (Lipinski definition) is 1. The Labute approximate surface area is 103 Å². The summed E-state index contributed by atoms with van der Waals surface area (Å²) in [6, 6.07) is -0.338. The minimum Gasteiger partial charge on any atom is -0.337 e. The maximum Gasteiger partial charge on any atom is 0.239 e. The molecule has 1 fully saturated rings. The zero-order valence-electron chi connectivity index (χ0n) is 9.55. The number of carbonyl (C=O) groups is 1. The minimum absolute atomic E-state index is 0. The zero-order valence-corrected chi connectivity index (χ0v) is 11.2. The summed E-state index contributed by atoms with van der Waals surface area (Å²) >= 11 is 0. The van der Waals surface area contributed by atoms with Gasteiger partial charge in [-0.15, -0.1) is 12.4 Å². The van der Waals surface area contributed by atoms with Crippen molar-refractivity contribution in [3.8, 4) is 0 Å². The average Bonchev–Trinajstić information content (AvgIpc) is 2.85. The van der Waals surface area contributed by atoms with Gasteiger partial charge in [0.05, 0.1) is 11.8 Å². The van der Waals surface area contributed by atoms with Crippen molar-refractivity contribution in [1.29, 1.82) is 0 Å². The molecule has 7 heteroatoms. The van der Waals surface area contributed by atoms with Gasteiger partial charge in [0.2, 0.25) is 5.91 Å². The molecule has 1 amide bonds. The van der Waals surface area contributed by atoms with E-state index in [1.165, 1.54) is 6.26 Å². The number of hydrogen-bond acceptors (Lipinski definition) is 4. The maximum absolute atomic E-state index is 11.6. The summed E-state index contributed by atoms with van der Waals surface area (Å²) in [6.45, 7) is 1.89. The smallest absolute Gasteiger partial charge is 0.239 e. The largest absolute Gasteiger partial charge is 0.337 e. The van der Waals surface area contributed by atoms with Crippen molar-refractivity contribution in [2.24, 2.45) is 5.73 Å². The number of amides is 1. The van der Waals surface area contributed by atoms with Crippen LogP contribution < -0.4 is 5.73 Å². The molecule has 1 atom stereocenters. The Morgan fingerprint density at radius 2 is 2.00 bits per heavy atom. The monoisotopic (exact) mass is 270 g/mol. The molecule has 16 heavy (non-hydrogen) atoms. The van der Waals surface area contributed by atoms with Gasteiger partial charge in [-0.1, -0.05) is 0 Å². The fourth-order valence-electron chi connectivity index (χ4n) is 1.38. The van der Waals surface area contributed by atoms with Crippen molar-refractivity contribution < 1.29 is 13.2 Å². The lowest BCUT2D eigenvalue weighted by atomic mass is 10.3. The van der Waals surface area contributed by atoms with Crippen molar-refractivity contribution in [3.63, 3.8) is 0 Å². The van der Waals surface area contributed by atoms with Gasteiger partial charge in [0.25, 0.3) is 0 Å². The lowest BCUT2D eigenvalue weighted by molar-refractivity contribution is -0.132. The van der Waals surface area contributed by atoms with Crippen molar-refractivity contribution >= 4 is 28.2 Å². The van der Waals surface area contributed by atoms with Crippen LogP contribution in [0.2, 0.25) is 0 Å². The molecule has 0 aromatic carbocycles. The fraction of sp³-hybridized carbons (Fsp3) is 0.889. The Bertz CT molecular complexity index is 339. The van der Waals surface area contributed by atoms with Crippen LogP contribution in [0.3, 0.4) is 0 Å². The lowest BCUT2D eigenvalue weighted by Gasteiger charge is -2.23. The van der Waals surface area contributed by atoms with Crippen LogP contribution in [-0.4, -0.2) is 49.9 Å². The molecule has 1 saturated carbocycles. The minimum atomic E-state index is -3.02. The van der Waals surface area contributed by atoms with Gasteiger partial charge < -0.3 is 10.6 Å². The van der Waals surface area contributed by atoms with E-state index in [2.05, 4.69) is 0 Å². The van der Waals surface area contributed by atoms with Gasteiger partial charge in [-0.05, 0) is 19.8 Å². The van der Waals surface area contributed by atoms with Gasteiger partial charge in [-0.25, -0.2) is 8.42 Å². The zero-order chi connectivity index (χ0) is 11.6. The maximum atomic E-state index is 11.6. The van der Waals surface area contributed by atoms with Crippen LogP contribution in [0.4, 0.5) is 0 Å². The Kier molecular flexibility index (Phi) is 5.72. The molecule has 0 heterocycles. The standard InChI is InChI=1S/C9H18N2O3S.ClH/c1-7(10)9(12)11(8-3-4-8)5-6-15(2,13)14;/h7-8H,3-6,10H2,1-2H3;1H. The van der Waals surface area contributed by atoms with E-state index < -0.39 is 15.9 Å².